The topological polar surface area (TPSA) is 12.0 Å². The summed E-state index contributed by atoms with van der Waals surface area (Å²) < 4.78 is 0. The highest BCUT2D eigenvalue weighted by Crippen LogP contribution is 2.27. The molecule has 3 rings (SSSR count). The summed E-state index contributed by atoms with van der Waals surface area (Å²) in [7, 11) is 0. The first-order chi connectivity index (χ1) is 8.92. The van der Waals surface area contributed by atoms with Crippen LogP contribution in [0.5, 0.6) is 0 Å². The highest BCUT2D eigenvalue weighted by atomic mass is 32.2. The first kappa shape index (κ1) is 12.7. The van der Waals surface area contributed by atoms with E-state index in [0.717, 1.165) is 6.42 Å². The normalized spacial score (nSPS) is 21.2. The predicted molar refractivity (Wildman–Crippen MR) is 83.9 cm³/mol. The van der Waals surface area contributed by atoms with Gasteiger partial charge in [0, 0.05) is 34.0 Å². The zero-order chi connectivity index (χ0) is 12.2. The standard InChI is InChI=1S/C14H17NS3/c1-3-12(17-6-1)9-13(14-4-2-7-18-14)15-11-5-8-16-10-11/h1-4,6-7,11,13,15H,5,8-10H2. The molecule has 3 heterocycles. The van der Waals surface area contributed by atoms with Crippen LogP contribution in [0.4, 0.5) is 0 Å². The lowest BCUT2D eigenvalue weighted by Crippen LogP contribution is -2.33. The van der Waals surface area contributed by atoms with Gasteiger partial charge in [-0.3, -0.25) is 0 Å². The highest BCUT2D eigenvalue weighted by molar-refractivity contribution is 7.99. The summed E-state index contributed by atoms with van der Waals surface area (Å²) in [6, 6.07) is 10.0. The predicted octanol–water partition coefficient (Wildman–Crippen LogP) is 4.19. The minimum Gasteiger partial charge on any atom is -0.305 e. The van der Waals surface area contributed by atoms with E-state index in [1.54, 1.807) is 0 Å². The third-order valence-corrected chi connectivity index (χ3v) is 6.29. The largest absolute Gasteiger partial charge is 0.305 e. The molecule has 0 radical (unpaired) electrons. The van der Waals surface area contributed by atoms with Crippen LogP contribution in [0.2, 0.25) is 0 Å². The minimum absolute atomic E-state index is 0.493. The van der Waals surface area contributed by atoms with E-state index in [1.807, 2.05) is 22.7 Å². The fourth-order valence-electron chi connectivity index (χ4n) is 2.31. The molecule has 1 aliphatic rings. The van der Waals surface area contributed by atoms with Gasteiger partial charge in [-0.25, -0.2) is 0 Å². The number of thioether (sulfide) groups is 1. The quantitative estimate of drug-likeness (QED) is 0.887. The van der Waals surface area contributed by atoms with Gasteiger partial charge in [0.25, 0.3) is 0 Å². The zero-order valence-electron chi connectivity index (χ0n) is 10.2. The molecule has 2 aromatic heterocycles. The van der Waals surface area contributed by atoms with Crippen LogP contribution >= 0.6 is 34.4 Å². The van der Waals surface area contributed by atoms with E-state index < -0.39 is 0 Å². The van der Waals surface area contributed by atoms with Gasteiger partial charge in [-0.15, -0.1) is 22.7 Å². The molecule has 0 aromatic carbocycles. The Labute approximate surface area is 121 Å². The van der Waals surface area contributed by atoms with E-state index >= 15 is 0 Å². The van der Waals surface area contributed by atoms with Crippen molar-refractivity contribution >= 4 is 34.4 Å². The monoisotopic (exact) mass is 295 g/mol. The molecule has 2 atom stereocenters. The number of thiophene rings is 2. The Morgan fingerprint density at radius 3 is 2.78 bits per heavy atom. The molecule has 2 aromatic rings. The van der Waals surface area contributed by atoms with E-state index in [9.17, 15) is 0 Å². The second-order valence-corrected chi connectivity index (χ2v) is 7.74. The molecule has 2 unspecified atom stereocenters. The summed E-state index contributed by atoms with van der Waals surface area (Å²) in [6.45, 7) is 0. The molecular formula is C14H17NS3. The lowest BCUT2D eigenvalue weighted by molar-refractivity contribution is 0.465. The first-order valence-corrected chi connectivity index (χ1v) is 9.23. The second-order valence-electron chi connectivity index (χ2n) is 4.58. The van der Waals surface area contributed by atoms with Crippen molar-refractivity contribution in [2.75, 3.05) is 11.5 Å². The van der Waals surface area contributed by atoms with Crippen molar-refractivity contribution in [1.29, 1.82) is 0 Å². The Bertz CT molecular complexity index is 443. The Morgan fingerprint density at radius 2 is 2.11 bits per heavy atom. The van der Waals surface area contributed by atoms with Crippen LogP contribution in [0.25, 0.3) is 0 Å². The van der Waals surface area contributed by atoms with Gasteiger partial charge in [-0.2, -0.15) is 11.8 Å². The number of hydrogen-bond donors (Lipinski definition) is 1. The summed E-state index contributed by atoms with van der Waals surface area (Å²) in [4.78, 5) is 2.95. The summed E-state index contributed by atoms with van der Waals surface area (Å²) in [5.74, 6) is 2.58. The lowest BCUT2D eigenvalue weighted by atomic mass is 10.1. The van der Waals surface area contributed by atoms with Crippen molar-refractivity contribution in [3.05, 3.63) is 44.8 Å². The molecule has 0 aliphatic carbocycles. The minimum atomic E-state index is 0.493. The molecule has 18 heavy (non-hydrogen) atoms. The maximum absolute atomic E-state index is 3.85. The number of rotatable bonds is 5. The van der Waals surface area contributed by atoms with Crippen molar-refractivity contribution in [1.82, 2.24) is 5.32 Å². The van der Waals surface area contributed by atoms with Crippen LogP contribution in [0, 0.1) is 0 Å². The Balaban J connectivity index is 1.71. The third-order valence-electron chi connectivity index (χ3n) is 3.24. The summed E-state index contributed by atoms with van der Waals surface area (Å²) in [5, 5.41) is 8.21. The average molecular weight is 295 g/mol. The van der Waals surface area contributed by atoms with Crippen molar-refractivity contribution in [3.8, 4) is 0 Å². The summed E-state index contributed by atoms with van der Waals surface area (Å²) in [5.41, 5.74) is 0. The fraction of sp³-hybridized carbons (Fsp3) is 0.429. The molecule has 0 amide bonds. The average Bonchev–Trinajstić information content (AvgIpc) is 3.13. The van der Waals surface area contributed by atoms with Crippen LogP contribution in [-0.2, 0) is 6.42 Å². The van der Waals surface area contributed by atoms with Crippen LogP contribution < -0.4 is 5.32 Å². The van der Waals surface area contributed by atoms with E-state index in [2.05, 4.69) is 52.1 Å². The maximum Gasteiger partial charge on any atom is 0.0465 e. The van der Waals surface area contributed by atoms with Crippen molar-refractivity contribution < 1.29 is 0 Å². The molecule has 1 saturated heterocycles. The molecule has 1 fully saturated rings. The van der Waals surface area contributed by atoms with Gasteiger partial charge in [0.15, 0.2) is 0 Å². The summed E-state index contributed by atoms with van der Waals surface area (Å²) >= 11 is 5.81. The van der Waals surface area contributed by atoms with Gasteiger partial charge in [-0.1, -0.05) is 12.1 Å². The molecule has 96 valence electrons. The molecule has 0 saturated carbocycles. The third kappa shape index (κ3) is 3.18. The molecule has 0 spiro atoms. The smallest absolute Gasteiger partial charge is 0.0465 e. The molecule has 0 bridgehead atoms. The maximum atomic E-state index is 3.85. The fourth-order valence-corrected chi connectivity index (χ4v) is 5.02. The molecule has 1 aliphatic heterocycles. The van der Waals surface area contributed by atoms with E-state index in [0.29, 0.717) is 12.1 Å². The van der Waals surface area contributed by atoms with Crippen LogP contribution in [0.15, 0.2) is 35.0 Å². The number of nitrogens with one attached hydrogen (secondary N) is 1. The molecular weight excluding hydrogens is 278 g/mol. The van der Waals surface area contributed by atoms with Crippen LogP contribution in [-0.4, -0.2) is 17.5 Å². The first-order valence-electron chi connectivity index (χ1n) is 6.31. The lowest BCUT2D eigenvalue weighted by Gasteiger charge is -2.21. The number of hydrogen-bond acceptors (Lipinski definition) is 4. The van der Waals surface area contributed by atoms with E-state index in [1.165, 1.54) is 27.7 Å². The summed E-state index contributed by atoms with van der Waals surface area (Å²) in [6.07, 6.45) is 2.44. The zero-order valence-corrected chi connectivity index (χ0v) is 12.6. The highest BCUT2D eigenvalue weighted by Gasteiger charge is 2.21. The van der Waals surface area contributed by atoms with Crippen molar-refractivity contribution in [2.24, 2.45) is 0 Å². The SMILES string of the molecule is c1csc(CC(NC2CCSC2)c2cccs2)c1. The van der Waals surface area contributed by atoms with Crippen molar-refractivity contribution in [3.63, 3.8) is 0 Å². The van der Waals surface area contributed by atoms with E-state index in [-0.39, 0.29) is 0 Å². The van der Waals surface area contributed by atoms with Gasteiger partial charge < -0.3 is 5.32 Å². The van der Waals surface area contributed by atoms with Gasteiger partial charge in [-0.05, 0) is 35.1 Å². The Hall–Kier alpha value is -0.290. The van der Waals surface area contributed by atoms with Gasteiger partial charge in [0.2, 0.25) is 0 Å². The molecule has 4 heteroatoms. The van der Waals surface area contributed by atoms with Crippen LogP contribution in [0.3, 0.4) is 0 Å². The Kier molecular flexibility index (Phi) is 4.41. The second kappa shape index (κ2) is 6.24. The van der Waals surface area contributed by atoms with Crippen LogP contribution in [0.1, 0.15) is 22.2 Å². The Morgan fingerprint density at radius 1 is 1.22 bits per heavy atom. The van der Waals surface area contributed by atoms with Crippen molar-refractivity contribution in [2.45, 2.75) is 24.9 Å². The van der Waals surface area contributed by atoms with Gasteiger partial charge in [0.1, 0.15) is 0 Å². The molecule has 1 N–H and O–H groups in total. The van der Waals surface area contributed by atoms with Gasteiger partial charge in [0.05, 0.1) is 0 Å². The molecule has 1 nitrogen and oxygen atoms in total. The van der Waals surface area contributed by atoms with Gasteiger partial charge >= 0.3 is 0 Å². The van der Waals surface area contributed by atoms with E-state index in [4.69, 9.17) is 0 Å².